The van der Waals surface area contributed by atoms with Gasteiger partial charge in [-0.3, -0.25) is 0 Å². The van der Waals surface area contributed by atoms with Crippen LogP contribution in [0.3, 0.4) is 0 Å². The highest BCUT2D eigenvalue weighted by atomic mass is 19.1. The van der Waals surface area contributed by atoms with Crippen molar-refractivity contribution in [2.75, 3.05) is 4.90 Å². The van der Waals surface area contributed by atoms with Crippen LogP contribution in [0.15, 0.2) is 72.8 Å². The van der Waals surface area contributed by atoms with Crippen molar-refractivity contribution in [1.29, 1.82) is 0 Å². The molecule has 0 radical (unpaired) electrons. The number of nitrogens with zero attached hydrogens (tertiary/aromatic N) is 1. The molecule has 0 aromatic heterocycles. The Bertz CT molecular complexity index is 644. The molecule has 0 aliphatic rings. The molecule has 0 spiro atoms. The van der Waals surface area contributed by atoms with Gasteiger partial charge in [-0.05, 0) is 60.7 Å². The molecule has 0 fully saturated rings. The van der Waals surface area contributed by atoms with Gasteiger partial charge in [0.05, 0.1) is 0 Å². The molecule has 0 N–H and O–H groups in total. The lowest BCUT2D eigenvalue weighted by Gasteiger charge is -2.25. The molecule has 0 aliphatic heterocycles. The first-order chi connectivity index (χ1) is 10.6. The average Bonchev–Trinajstić information content (AvgIpc) is 2.53. The summed E-state index contributed by atoms with van der Waals surface area (Å²) < 4.78 is 26.4. The largest absolute Gasteiger partial charge is 0.311 e. The van der Waals surface area contributed by atoms with Crippen molar-refractivity contribution in [3.8, 4) is 0 Å². The fraction of sp³-hybridized carbons (Fsp3) is 0. The maximum Gasteiger partial charge on any atom is 0.139 e. The highest BCUT2D eigenvalue weighted by Crippen LogP contribution is 2.33. The van der Waals surface area contributed by atoms with E-state index in [0.29, 0.717) is 0 Å². The van der Waals surface area contributed by atoms with E-state index in [1.54, 1.807) is 24.3 Å². The number of rotatable bonds is 3. The first-order valence-corrected chi connectivity index (χ1v) is 7.01. The van der Waals surface area contributed by atoms with Gasteiger partial charge in [0.1, 0.15) is 19.5 Å². The molecule has 0 saturated carbocycles. The lowest BCUT2D eigenvalue weighted by atomic mass is 9.96. The summed E-state index contributed by atoms with van der Waals surface area (Å²) in [5, 5.41) is 0. The van der Waals surface area contributed by atoms with Gasteiger partial charge in [-0.1, -0.05) is 17.6 Å². The number of anilines is 3. The van der Waals surface area contributed by atoms with Crippen LogP contribution < -0.4 is 10.4 Å². The normalized spacial score (nSPS) is 10.5. The summed E-state index contributed by atoms with van der Waals surface area (Å²) in [4.78, 5) is 1.96. The zero-order valence-corrected chi connectivity index (χ0v) is 12.1. The van der Waals surface area contributed by atoms with Crippen molar-refractivity contribution in [2.24, 2.45) is 0 Å². The molecule has 0 heterocycles. The Hall–Kier alpha value is -2.62. The molecule has 0 atom stereocenters. The maximum atomic E-state index is 13.2. The first-order valence-electron chi connectivity index (χ1n) is 7.01. The first kappa shape index (κ1) is 14.3. The summed E-state index contributed by atoms with van der Waals surface area (Å²) in [6.45, 7) is 0. The van der Waals surface area contributed by atoms with Crippen LogP contribution in [0.1, 0.15) is 0 Å². The van der Waals surface area contributed by atoms with Crippen LogP contribution in [-0.4, -0.2) is 7.85 Å². The molecule has 108 valence electrons. The third kappa shape index (κ3) is 3.01. The molecule has 0 saturated heterocycles. The molecule has 0 bridgehead atoms. The summed E-state index contributed by atoms with van der Waals surface area (Å²) in [6, 6.07) is 20.5. The molecule has 4 heteroatoms. The van der Waals surface area contributed by atoms with Gasteiger partial charge in [-0.2, -0.15) is 0 Å². The zero-order valence-electron chi connectivity index (χ0n) is 12.1. The van der Waals surface area contributed by atoms with Crippen molar-refractivity contribution >= 4 is 30.4 Å². The minimum atomic E-state index is -0.285. The Morgan fingerprint density at radius 3 is 1.23 bits per heavy atom. The monoisotopic (exact) mass is 293 g/mol. The topological polar surface area (TPSA) is 3.24 Å². The Morgan fingerprint density at radius 2 is 0.864 bits per heavy atom. The highest BCUT2D eigenvalue weighted by molar-refractivity contribution is 6.32. The van der Waals surface area contributed by atoms with E-state index in [1.165, 1.54) is 24.3 Å². The van der Waals surface area contributed by atoms with E-state index >= 15 is 0 Å². The van der Waals surface area contributed by atoms with E-state index in [9.17, 15) is 8.78 Å². The molecule has 3 rings (SSSR count). The predicted molar refractivity (Wildman–Crippen MR) is 89.2 cm³/mol. The number of benzene rings is 3. The van der Waals surface area contributed by atoms with Gasteiger partial charge in [0.2, 0.25) is 0 Å². The van der Waals surface area contributed by atoms with E-state index in [-0.39, 0.29) is 11.6 Å². The van der Waals surface area contributed by atoms with Crippen molar-refractivity contribution in [3.05, 3.63) is 84.4 Å². The molecular formula is C18H14BF2N. The lowest BCUT2D eigenvalue weighted by molar-refractivity contribution is 0.628. The van der Waals surface area contributed by atoms with Crippen LogP contribution in [0.5, 0.6) is 0 Å². The Kier molecular flexibility index (Phi) is 3.92. The number of halogens is 2. The van der Waals surface area contributed by atoms with E-state index in [0.717, 1.165) is 22.5 Å². The zero-order chi connectivity index (χ0) is 15.5. The Labute approximate surface area is 129 Å². The second-order valence-electron chi connectivity index (χ2n) is 5.12. The molecule has 0 unspecified atom stereocenters. The van der Waals surface area contributed by atoms with Crippen LogP contribution in [-0.2, 0) is 0 Å². The second-order valence-corrected chi connectivity index (χ2v) is 5.12. The molecule has 22 heavy (non-hydrogen) atoms. The van der Waals surface area contributed by atoms with E-state index in [1.807, 2.05) is 37.0 Å². The van der Waals surface area contributed by atoms with E-state index in [4.69, 9.17) is 0 Å². The highest BCUT2D eigenvalue weighted by Gasteiger charge is 2.12. The fourth-order valence-corrected chi connectivity index (χ4v) is 2.32. The summed E-state index contributed by atoms with van der Waals surface area (Å²) in [6.07, 6.45) is 0. The minimum absolute atomic E-state index is 0.285. The standard InChI is InChI=1S/C18H14BF2N/c19-13-1-7-16(8-2-13)22(17-9-3-14(20)4-10-17)18-11-5-15(21)6-12-18/h1-12H,19H2. The van der Waals surface area contributed by atoms with Gasteiger partial charge in [0, 0.05) is 17.1 Å². The molecule has 1 nitrogen and oxygen atoms in total. The summed E-state index contributed by atoms with van der Waals surface area (Å²) in [7, 11) is 2.02. The van der Waals surface area contributed by atoms with Crippen LogP contribution in [0.2, 0.25) is 0 Å². The van der Waals surface area contributed by atoms with Crippen LogP contribution in [0.25, 0.3) is 0 Å². The maximum absolute atomic E-state index is 13.2. The van der Waals surface area contributed by atoms with Gasteiger partial charge >= 0.3 is 0 Å². The number of hydrogen-bond acceptors (Lipinski definition) is 1. The van der Waals surface area contributed by atoms with Crippen LogP contribution in [0.4, 0.5) is 25.8 Å². The Morgan fingerprint density at radius 1 is 0.545 bits per heavy atom. The summed E-state index contributed by atoms with van der Waals surface area (Å²) in [5.41, 5.74) is 3.72. The minimum Gasteiger partial charge on any atom is -0.311 e. The molecule has 3 aromatic rings. The van der Waals surface area contributed by atoms with Gasteiger partial charge in [0.25, 0.3) is 0 Å². The molecule has 3 aromatic carbocycles. The smallest absolute Gasteiger partial charge is 0.139 e. The summed E-state index contributed by atoms with van der Waals surface area (Å²) in [5.74, 6) is -0.571. The van der Waals surface area contributed by atoms with E-state index in [2.05, 4.69) is 0 Å². The second kappa shape index (κ2) is 6.02. The number of hydrogen-bond donors (Lipinski definition) is 0. The van der Waals surface area contributed by atoms with Crippen molar-refractivity contribution in [1.82, 2.24) is 0 Å². The van der Waals surface area contributed by atoms with Crippen molar-refractivity contribution < 1.29 is 8.78 Å². The van der Waals surface area contributed by atoms with Crippen molar-refractivity contribution in [2.45, 2.75) is 0 Å². The van der Waals surface area contributed by atoms with Gasteiger partial charge in [-0.25, -0.2) is 8.78 Å². The van der Waals surface area contributed by atoms with Gasteiger partial charge in [-0.15, -0.1) is 0 Å². The quantitative estimate of drug-likeness (QED) is 0.666. The molecule has 0 amide bonds. The summed E-state index contributed by atoms with van der Waals surface area (Å²) >= 11 is 0. The van der Waals surface area contributed by atoms with Crippen molar-refractivity contribution in [3.63, 3.8) is 0 Å². The third-order valence-electron chi connectivity index (χ3n) is 3.46. The lowest BCUT2D eigenvalue weighted by Crippen LogP contribution is -2.11. The van der Waals surface area contributed by atoms with Crippen LogP contribution >= 0.6 is 0 Å². The van der Waals surface area contributed by atoms with Gasteiger partial charge in [0.15, 0.2) is 0 Å². The molecule has 0 aliphatic carbocycles. The fourth-order valence-electron chi connectivity index (χ4n) is 2.32. The van der Waals surface area contributed by atoms with Gasteiger partial charge < -0.3 is 4.90 Å². The SMILES string of the molecule is Bc1ccc(N(c2ccc(F)cc2)c2ccc(F)cc2)cc1. The van der Waals surface area contributed by atoms with E-state index < -0.39 is 0 Å². The third-order valence-corrected chi connectivity index (χ3v) is 3.46. The molecular weight excluding hydrogens is 279 g/mol. The Balaban J connectivity index is 2.10. The predicted octanol–water partition coefficient (Wildman–Crippen LogP) is 3.69. The van der Waals surface area contributed by atoms with Crippen LogP contribution in [0, 0.1) is 11.6 Å². The average molecular weight is 293 g/mol.